The van der Waals surface area contributed by atoms with Gasteiger partial charge in [-0.1, -0.05) is 32.4 Å². The molecule has 0 aliphatic heterocycles. The summed E-state index contributed by atoms with van der Waals surface area (Å²) in [6.07, 6.45) is 0. The largest absolute Gasteiger partial charge is 0.323 e. The average Bonchev–Trinajstić information content (AvgIpc) is 2.45. The van der Waals surface area contributed by atoms with Crippen LogP contribution < -0.4 is 5.73 Å². The van der Waals surface area contributed by atoms with Gasteiger partial charge in [0.05, 0.1) is 5.02 Å². The Bertz CT molecular complexity index is 306. The van der Waals surface area contributed by atoms with Crippen LogP contribution in [0.3, 0.4) is 0 Å². The third kappa shape index (κ3) is 2.30. The summed E-state index contributed by atoms with van der Waals surface area (Å²) in [6, 6.07) is 0.0706. The zero-order valence-electron chi connectivity index (χ0n) is 9.17. The predicted molar refractivity (Wildman–Crippen MR) is 65.0 cm³/mol. The normalized spacial score (nSPS) is 15.9. The molecule has 0 spiro atoms. The molecule has 0 aromatic carbocycles. The van der Waals surface area contributed by atoms with Gasteiger partial charge in [0.2, 0.25) is 0 Å². The lowest BCUT2D eigenvalue weighted by atomic mass is 9.90. The molecular formula is C11H18ClNS. The Labute approximate surface area is 95.3 Å². The van der Waals surface area contributed by atoms with Gasteiger partial charge in [0.15, 0.2) is 0 Å². The first kappa shape index (κ1) is 12.0. The van der Waals surface area contributed by atoms with E-state index in [0.717, 1.165) is 15.5 Å². The van der Waals surface area contributed by atoms with Gasteiger partial charge in [0.1, 0.15) is 0 Å². The summed E-state index contributed by atoms with van der Waals surface area (Å²) < 4.78 is 0. The molecule has 1 aromatic rings. The first-order valence-electron chi connectivity index (χ1n) is 4.94. The topological polar surface area (TPSA) is 26.0 Å². The van der Waals surface area contributed by atoms with Crippen molar-refractivity contribution in [3.8, 4) is 0 Å². The third-order valence-corrected chi connectivity index (χ3v) is 4.66. The van der Waals surface area contributed by atoms with Gasteiger partial charge in [0, 0.05) is 10.9 Å². The average molecular weight is 232 g/mol. The molecule has 14 heavy (non-hydrogen) atoms. The number of rotatable bonds is 3. The lowest BCUT2D eigenvalue weighted by Gasteiger charge is -2.22. The van der Waals surface area contributed by atoms with Crippen molar-refractivity contribution in [2.75, 3.05) is 0 Å². The maximum atomic E-state index is 6.18. The van der Waals surface area contributed by atoms with E-state index >= 15 is 0 Å². The van der Waals surface area contributed by atoms with E-state index in [1.165, 1.54) is 0 Å². The van der Waals surface area contributed by atoms with Crippen LogP contribution >= 0.6 is 22.9 Å². The molecule has 3 heteroatoms. The number of hydrogen-bond acceptors (Lipinski definition) is 2. The van der Waals surface area contributed by atoms with Gasteiger partial charge in [0.25, 0.3) is 0 Å². The molecule has 0 aliphatic carbocycles. The Hall–Kier alpha value is -0.0500. The van der Waals surface area contributed by atoms with Crippen LogP contribution in [0.5, 0.6) is 0 Å². The third-order valence-electron chi connectivity index (χ3n) is 2.85. The quantitative estimate of drug-likeness (QED) is 0.836. The summed E-state index contributed by atoms with van der Waals surface area (Å²) in [7, 11) is 0. The Morgan fingerprint density at radius 3 is 2.29 bits per heavy atom. The van der Waals surface area contributed by atoms with E-state index in [-0.39, 0.29) is 6.04 Å². The van der Waals surface area contributed by atoms with E-state index in [4.69, 9.17) is 17.3 Å². The van der Waals surface area contributed by atoms with Crippen LogP contribution in [-0.4, -0.2) is 0 Å². The Balaban J connectivity index is 2.89. The van der Waals surface area contributed by atoms with Crippen LogP contribution in [0.15, 0.2) is 5.38 Å². The summed E-state index contributed by atoms with van der Waals surface area (Å²) in [5.41, 5.74) is 7.32. The van der Waals surface area contributed by atoms with Crippen LogP contribution in [0.1, 0.15) is 37.3 Å². The summed E-state index contributed by atoms with van der Waals surface area (Å²) in [6.45, 7) is 8.59. The Kier molecular flexibility index (Phi) is 3.99. The van der Waals surface area contributed by atoms with Gasteiger partial charge in [-0.05, 0) is 29.7 Å². The van der Waals surface area contributed by atoms with Crippen LogP contribution in [0.25, 0.3) is 0 Å². The lowest BCUT2D eigenvalue weighted by Crippen LogP contribution is -2.22. The summed E-state index contributed by atoms with van der Waals surface area (Å²) in [5, 5.41) is 2.93. The number of halogens is 1. The minimum Gasteiger partial charge on any atom is -0.323 e. The Morgan fingerprint density at radius 1 is 1.36 bits per heavy atom. The van der Waals surface area contributed by atoms with Crippen LogP contribution in [0, 0.1) is 18.8 Å². The molecule has 0 bridgehead atoms. The summed E-state index contributed by atoms with van der Waals surface area (Å²) in [4.78, 5) is 1.13. The van der Waals surface area contributed by atoms with E-state index in [2.05, 4.69) is 26.2 Å². The van der Waals surface area contributed by atoms with Crippen molar-refractivity contribution in [1.29, 1.82) is 0 Å². The van der Waals surface area contributed by atoms with E-state index in [1.807, 2.05) is 6.92 Å². The van der Waals surface area contributed by atoms with Crippen LogP contribution in [-0.2, 0) is 0 Å². The molecule has 2 N–H and O–H groups in total. The highest BCUT2D eigenvalue weighted by Gasteiger charge is 2.22. The molecular weight excluding hydrogens is 214 g/mol. The highest BCUT2D eigenvalue weighted by molar-refractivity contribution is 7.10. The molecule has 1 rings (SSSR count). The molecule has 0 fully saturated rings. The van der Waals surface area contributed by atoms with Crippen LogP contribution in [0.4, 0.5) is 0 Å². The maximum Gasteiger partial charge on any atom is 0.0590 e. The van der Waals surface area contributed by atoms with Crippen molar-refractivity contribution in [3.05, 3.63) is 20.8 Å². The SMILES string of the molecule is Cc1csc(C(N)C(C)C(C)C)c1Cl. The first-order valence-corrected chi connectivity index (χ1v) is 6.20. The van der Waals surface area contributed by atoms with Crippen molar-refractivity contribution in [2.45, 2.75) is 33.7 Å². The van der Waals surface area contributed by atoms with Crippen molar-refractivity contribution in [1.82, 2.24) is 0 Å². The molecule has 0 amide bonds. The second-order valence-electron chi connectivity index (χ2n) is 4.23. The van der Waals surface area contributed by atoms with Gasteiger partial charge in [-0.15, -0.1) is 11.3 Å². The highest BCUT2D eigenvalue weighted by Crippen LogP contribution is 2.36. The molecule has 80 valence electrons. The summed E-state index contributed by atoms with van der Waals surface area (Å²) in [5.74, 6) is 1.05. The van der Waals surface area contributed by atoms with Gasteiger partial charge in [-0.2, -0.15) is 0 Å². The zero-order valence-corrected chi connectivity index (χ0v) is 10.7. The zero-order chi connectivity index (χ0) is 10.9. The van der Waals surface area contributed by atoms with E-state index < -0.39 is 0 Å². The van der Waals surface area contributed by atoms with Crippen molar-refractivity contribution < 1.29 is 0 Å². The minimum atomic E-state index is 0.0706. The van der Waals surface area contributed by atoms with E-state index in [1.54, 1.807) is 11.3 Å². The second-order valence-corrected chi connectivity index (χ2v) is 5.52. The molecule has 2 unspecified atom stereocenters. The number of hydrogen-bond donors (Lipinski definition) is 1. The van der Waals surface area contributed by atoms with Crippen molar-refractivity contribution >= 4 is 22.9 Å². The molecule has 0 aliphatic rings. The van der Waals surface area contributed by atoms with E-state index in [0.29, 0.717) is 11.8 Å². The van der Waals surface area contributed by atoms with Gasteiger partial charge >= 0.3 is 0 Å². The highest BCUT2D eigenvalue weighted by atomic mass is 35.5. The number of nitrogens with two attached hydrogens (primary N) is 1. The second kappa shape index (κ2) is 4.65. The monoisotopic (exact) mass is 231 g/mol. The summed E-state index contributed by atoms with van der Waals surface area (Å²) >= 11 is 7.86. The van der Waals surface area contributed by atoms with Crippen molar-refractivity contribution in [2.24, 2.45) is 17.6 Å². The minimum absolute atomic E-state index is 0.0706. The maximum absolute atomic E-state index is 6.18. The van der Waals surface area contributed by atoms with Crippen LogP contribution in [0.2, 0.25) is 5.02 Å². The lowest BCUT2D eigenvalue weighted by molar-refractivity contribution is 0.355. The fourth-order valence-corrected chi connectivity index (χ4v) is 2.76. The molecule has 1 aromatic heterocycles. The van der Waals surface area contributed by atoms with Gasteiger partial charge < -0.3 is 5.73 Å². The van der Waals surface area contributed by atoms with Gasteiger partial charge in [-0.3, -0.25) is 0 Å². The molecule has 1 heterocycles. The molecule has 0 saturated heterocycles. The fraction of sp³-hybridized carbons (Fsp3) is 0.636. The number of aryl methyl sites for hydroxylation is 1. The molecule has 0 radical (unpaired) electrons. The fourth-order valence-electron chi connectivity index (χ4n) is 1.33. The number of thiophene rings is 1. The molecule has 2 atom stereocenters. The predicted octanol–water partition coefficient (Wildman–Crippen LogP) is 4.00. The van der Waals surface area contributed by atoms with Crippen molar-refractivity contribution in [3.63, 3.8) is 0 Å². The smallest absolute Gasteiger partial charge is 0.0590 e. The van der Waals surface area contributed by atoms with E-state index in [9.17, 15) is 0 Å². The molecule has 1 nitrogen and oxygen atoms in total. The standard InChI is InChI=1S/C11H18ClNS/c1-6(2)8(4)10(13)11-9(12)7(3)5-14-11/h5-6,8,10H,13H2,1-4H3. The Morgan fingerprint density at radius 2 is 1.93 bits per heavy atom. The van der Waals surface area contributed by atoms with Gasteiger partial charge in [-0.25, -0.2) is 0 Å². The first-order chi connectivity index (χ1) is 6.45. The molecule has 0 saturated carbocycles.